The van der Waals surface area contributed by atoms with Crippen LogP contribution in [0.25, 0.3) is 0 Å². The van der Waals surface area contributed by atoms with Crippen molar-refractivity contribution in [2.45, 2.75) is 47.0 Å². The van der Waals surface area contributed by atoms with E-state index in [-0.39, 0.29) is 42.5 Å². The van der Waals surface area contributed by atoms with Crippen LogP contribution in [-0.2, 0) is 19.2 Å². The van der Waals surface area contributed by atoms with Gasteiger partial charge in [0.1, 0.15) is 5.75 Å². The standard InChI is InChI=1S/C29H30N2O5/c1-16-5-7-23-24(12-16)28(34)31(27(23)33)25-8-6-22(13-19(25)4)36-29(35)20-14-26(32)30(15-20)21-10-17(2)9-18(3)11-21/h5-6,8-11,13,20,23-24H,7,12,14-15H2,1-4H3/t20-,23-,24+/m0/s1. The van der Waals surface area contributed by atoms with Crippen molar-refractivity contribution in [3.63, 3.8) is 0 Å². The van der Waals surface area contributed by atoms with Gasteiger partial charge in [0.15, 0.2) is 0 Å². The van der Waals surface area contributed by atoms with Crippen LogP contribution in [0.3, 0.4) is 0 Å². The van der Waals surface area contributed by atoms with Gasteiger partial charge >= 0.3 is 5.97 Å². The summed E-state index contributed by atoms with van der Waals surface area (Å²) in [5.74, 6) is -1.77. The molecule has 7 heteroatoms. The number of carbonyl (C=O) groups excluding carboxylic acids is 4. The molecule has 2 saturated heterocycles. The molecule has 2 fully saturated rings. The smallest absolute Gasteiger partial charge is 0.316 e. The van der Waals surface area contributed by atoms with Gasteiger partial charge < -0.3 is 9.64 Å². The van der Waals surface area contributed by atoms with Crippen LogP contribution < -0.4 is 14.5 Å². The molecule has 0 spiro atoms. The molecule has 2 aliphatic heterocycles. The summed E-state index contributed by atoms with van der Waals surface area (Å²) in [5, 5.41) is 0. The zero-order chi connectivity index (χ0) is 25.7. The third kappa shape index (κ3) is 4.23. The van der Waals surface area contributed by atoms with E-state index < -0.39 is 11.9 Å². The third-order valence-electron chi connectivity index (χ3n) is 7.43. The number of rotatable bonds is 4. The Hall–Kier alpha value is -3.74. The third-order valence-corrected chi connectivity index (χ3v) is 7.43. The number of esters is 1. The largest absolute Gasteiger partial charge is 0.426 e. The first-order valence-electron chi connectivity index (χ1n) is 12.4. The van der Waals surface area contributed by atoms with Crippen LogP contribution in [0.4, 0.5) is 11.4 Å². The van der Waals surface area contributed by atoms with Gasteiger partial charge in [0.2, 0.25) is 17.7 Å². The summed E-state index contributed by atoms with van der Waals surface area (Å²) >= 11 is 0. The van der Waals surface area contributed by atoms with E-state index in [1.54, 1.807) is 30.0 Å². The number of carbonyl (C=O) groups is 4. The fraction of sp³-hybridized carbons (Fsp3) is 0.379. The SMILES string of the molecule is CC1=CC[C@@H]2C(=O)N(c3ccc(OC(=O)[C@H]4CC(=O)N(c5cc(C)cc(C)c5)C4)cc3C)C(=O)[C@@H]2C1. The van der Waals surface area contributed by atoms with Crippen molar-refractivity contribution in [3.8, 4) is 5.75 Å². The Balaban J connectivity index is 1.28. The van der Waals surface area contributed by atoms with Crippen molar-refractivity contribution in [2.75, 3.05) is 16.3 Å². The number of hydrogen-bond donors (Lipinski definition) is 0. The lowest BCUT2D eigenvalue weighted by atomic mass is 9.82. The van der Waals surface area contributed by atoms with Gasteiger partial charge in [-0.15, -0.1) is 0 Å². The monoisotopic (exact) mass is 486 g/mol. The van der Waals surface area contributed by atoms with Crippen LogP contribution in [0.5, 0.6) is 5.75 Å². The van der Waals surface area contributed by atoms with E-state index in [0.29, 0.717) is 29.8 Å². The topological polar surface area (TPSA) is 84.0 Å². The minimum absolute atomic E-state index is 0.0932. The molecule has 1 aliphatic carbocycles. The molecule has 2 aromatic rings. The second-order valence-corrected chi connectivity index (χ2v) is 10.3. The Morgan fingerprint density at radius 1 is 0.889 bits per heavy atom. The van der Waals surface area contributed by atoms with Gasteiger partial charge in [-0.3, -0.25) is 19.2 Å². The van der Waals surface area contributed by atoms with Crippen molar-refractivity contribution >= 4 is 35.1 Å². The van der Waals surface area contributed by atoms with Gasteiger partial charge in [-0.25, -0.2) is 4.90 Å². The van der Waals surface area contributed by atoms with Crippen LogP contribution in [0.2, 0.25) is 0 Å². The molecule has 2 aromatic carbocycles. The van der Waals surface area contributed by atoms with E-state index in [4.69, 9.17) is 4.74 Å². The van der Waals surface area contributed by atoms with E-state index in [2.05, 4.69) is 0 Å². The zero-order valence-electron chi connectivity index (χ0n) is 21.0. The Morgan fingerprint density at radius 2 is 1.58 bits per heavy atom. The Morgan fingerprint density at radius 3 is 2.28 bits per heavy atom. The zero-order valence-corrected chi connectivity index (χ0v) is 21.0. The summed E-state index contributed by atoms with van der Waals surface area (Å²) in [7, 11) is 0. The second kappa shape index (κ2) is 9.04. The number of allylic oxidation sites excluding steroid dienone is 2. The van der Waals surface area contributed by atoms with E-state index in [1.807, 2.05) is 45.0 Å². The Bertz CT molecular complexity index is 1310. The molecule has 0 N–H and O–H groups in total. The van der Waals surface area contributed by atoms with Gasteiger partial charge in [-0.05, 0) is 87.6 Å². The molecule has 2 heterocycles. The van der Waals surface area contributed by atoms with Crippen LogP contribution in [0.15, 0.2) is 48.0 Å². The fourth-order valence-corrected chi connectivity index (χ4v) is 5.64. The van der Waals surface area contributed by atoms with Crippen LogP contribution in [-0.4, -0.2) is 30.2 Å². The lowest BCUT2D eigenvalue weighted by molar-refractivity contribution is -0.139. The highest BCUT2D eigenvalue weighted by atomic mass is 16.5. The number of amides is 3. The van der Waals surface area contributed by atoms with Gasteiger partial charge in [-0.2, -0.15) is 0 Å². The lowest BCUT2D eigenvalue weighted by Crippen LogP contribution is -2.31. The molecule has 0 unspecified atom stereocenters. The molecule has 7 nitrogen and oxygen atoms in total. The average molecular weight is 487 g/mol. The van der Waals surface area contributed by atoms with Crippen molar-refractivity contribution in [1.82, 2.24) is 0 Å². The van der Waals surface area contributed by atoms with E-state index in [1.165, 1.54) is 4.90 Å². The second-order valence-electron chi connectivity index (χ2n) is 10.3. The number of anilines is 2. The summed E-state index contributed by atoms with van der Waals surface area (Å²) < 4.78 is 5.62. The minimum Gasteiger partial charge on any atom is -0.426 e. The molecule has 186 valence electrons. The predicted octanol–water partition coefficient (Wildman–Crippen LogP) is 4.42. The van der Waals surface area contributed by atoms with Crippen molar-refractivity contribution in [3.05, 3.63) is 64.7 Å². The Labute approximate surface area is 210 Å². The highest BCUT2D eigenvalue weighted by Gasteiger charge is 2.49. The van der Waals surface area contributed by atoms with Crippen LogP contribution in [0, 0.1) is 38.5 Å². The molecule has 0 radical (unpaired) electrons. The molecule has 3 aliphatic rings. The van der Waals surface area contributed by atoms with E-state index >= 15 is 0 Å². The van der Waals surface area contributed by atoms with Crippen molar-refractivity contribution in [2.24, 2.45) is 17.8 Å². The maximum Gasteiger partial charge on any atom is 0.316 e. The number of hydrogen-bond acceptors (Lipinski definition) is 5. The highest BCUT2D eigenvalue weighted by molar-refractivity contribution is 6.22. The number of ether oxygens (including phenoxy) is 1. The van der Waals surface area contributed by atoms with Gasteiger partial charge in [0.05, 0.1) is 23.4 Å². The molecular formula is C29H30N2O5. The van der Waals surface area contributed by atoms with Crippen molar-refractivity contribution < 1.29 is 23.9 Å². The number of aryl methyl sites for hydroxylation is 3. The number of nitrogens with zero attached hydrogens (tertiary/aromatic N) is 2. The van der Waals surface area contributed by atoms with Gasteiger partial charge in [0.25, 0.3) is 0 Å². The highest BCUT2D eigenvalue weighted by Crippen LogP contribution is 2.41. The summed E-state index contributed by atoms with van der Waals surface area (Å²) in [4.78, 5) is 54.6. The van der Waals surface area contributed by atoms with Crippen molar-refractivity contribution in [1.29, 1.82) is 0 Å². The Kier molecular flexibility index (Phi) is 6.02. The molecule has 36 heavy (non-hydrogen) atoms. The summed E-state index contributed by atoms with van der Waals surface area (Å²) in [5.41, 5.74) is 5.23. The number of fused-ring (bicyclic) bond motifs is 1. The molecule has 5 rings (SSSR count). The molecule has 0 saturated carbocycles. The van der Waals surface area contributed by atoms with Crippen LogP contribution in [0.1, 0.15) is 42.9 Å². The normalized spacial score (nSPS) is 23.7. The molecule has 3 atom stereocenters. The summed E-state index contributed by atoms with van der Waals surface area (Å²) in [6.07, 6.45) is 3.33. The first-order valence-corrected chi connectivity index (χ1v) is 12.4. The molecule has 0 aromatic heterocycles. The van der Waals surface area contributed by atoms with Crippen LogP contribution >= 0.6 is 0 Å². The molecular weight excluding hydrogens is 456 g/mol. The minimum atomic E-state index is -0.570. The maximum absolute atomic E-state index is 13.1. The average Bonchev–Trinajstić information content (AvgIpc) is 3.31. The van der Waals surface area contributed by atoms with E-state index in [0.717, 1.165) is 22.4 Å². The predicted molar refractivity (Wildman–Crippen MR) is 136 cm³/mol. The van der Waals surface area contributed by atoms with Gasteiger partial charge in [0, 0.05) is 18.7 Å². The van der Waals surface area contributed by atoms with Gasteiger partial charge in [-0.1, -0.05) is 17.7 Å². The number of imide groups is 1. The molecule has 0 bridgehead atoms. The maximum atomic E-state index is 13.1. The fourth-order valence-electron chi connectivity index (χ4n) is 5.64. The molecule has 3 amide bonds. The lowest BCUT2D eigenvalue weighted by Gasteiger charge is -2.19. The summed E-state index contributed by atoms with van der Waals surface area (Å²) in [6, 6.07) is 10.8. The first-order chi connectivity index (χ1) is 17.1. The first kappa shape index (κ1) is 24.0. The summed E-state index contributed by atoms with van der Waals surface area (Å²) in [6.45, 7) is 8.00. The number of benzene rings is 2. The quantitative estimate of drug-likeness (QED) is 0.277. The van der Waals surface area contributed by atoms with E-state index in [9.17, 15) is 19.2 Å².